The SMILES string of the molecule is COc1ccc(C(=O)O)c(-c2ccccc2C(=N)N)c1. The molecule has 2 aromatic carbocycles. The Hall–Kier alpha value is -2.82. The van der Waals surface area contributed by atoms with Gasteiger partial charge in [-0.15, -0.1) is 0 Å². The third-order valence-corrected chi connectivity index (χ3v) is 2.96. The summed E-state index contributed by atoms with van der Waals surface area (Å²) in [5, 5.41) is 16.9. The first-order valence-corrected chi connectivity index (χ1v) is 5.89. The maximum atomic E-state index is 11.4. The van der Waals surface area contributed by atoms with Gasteiger partial charge in [0.1, 0.15) is 11.6 Å². The van der Waals surface area contributed by atoms with Crippen molar-refractivity contribution in [1.82, 2.24) is 0 Å². The maximum Gasteiger partial charge on any atom is 0.336 e. The predicted octanol–water partition coefficient (Wildman–Crippen LogP) is 2.34. The summed E-state index contributed by atoms with van der Waals surface area (Å²) in [4.78, 5) is 11.4. The Morgan fingerprint density at radius 3 is 2.45 bits per heavy atom. The molecule has 0 fully saturated rings. The molecule has 2 rings (SSSR count). The molecule has 0 saturated carbocycles. The van der Waals surface area contributed by atoms with Crippen LogP contribution >= 0.6 is 0 Å². The number of carboxylic acid groups (broad SMARTS) is 1. The van der Waals surface area contributed by atoms with Gasteiger partial charge in [-0.3, -0.25) is 5.41 Å². The molecule has 0 bridgehead atoms. The first-order chi connectivity index (χ1) is 9.54. The molecule has 20 heavy (non-hydrogen) atoms. The Kier molecular flexibility index (Phi) is 3.70. The summed E-state index contributed by atoms with van der Waals surface area (Å²) < 4.78 is 5.13. The number of amidine groups is 1. The number of nitrogen functional groups attached to an aromatic ring is 1. The van der Waals surface area contributed by atoms with E-state index in [4.69, 9.17) is 15.9 Å². The number of nitrogens with one attached hydrogen (secondary N) is 1. The predicted molar refractivity (Wildman–Crippen MR) is 76.4 cm³/mol. The standard InChI is InChI=1S/C15H14N2O3/c1-20-9-6-7-12(15(18)19)13(8-9)10-4-2-3-5-11(10)14(16)17/h2-8H,1H3,(H3,16,17)(H,18,19). The third-order valence-electron chi connectivity index (χ3n) is 2.96. The van der Waals surface area contributed by atoms with E-state index in [2.05, 4.69) is 0 Å². The van der Waals surface area contributed by atoms with Crippen LogP contribution in [0.1, 0.15) is 15.9 Å². The van der Waals surface area contributed by atoms with Gasteiger partial charge in [0, 0.05) is 11.1 Å². The smallest absolute Gasteiger partial charge is 0.336 e. The van der Waals surface area contributed by atoms with Crippen LogP contribution in [-0.4, -0.2) is 24.0 Å². The van der Waals surface area contributed by atoms with Gasteiger partial charge < -0.3 is 15.6 Å². The van der Waals surface area contributed by atoms with E-state index >= 15 is 0 Å². The lowest BCUT2D eigenvalue weighted by Gasteiger charge is -2.12. The third kappa shape index (κ3) is 2.47. The highest BCUT2D eigenvalue weighted by molar-refractivity contribution is 6.05. The van der Waals surface area contributed by atoms with Gasteiger partial charge >= 0.3 is 5.97 Å². The van der Waals surface area contributed by atoms with Crippen molar-refractivity contribution in [1.29, 1.82) is 5.41 Å². The molecule has 0 saturated heterocycles. The second kappa shape index (κ2) is 5.44. The Labute approximate surface area is 116 Å². The van der Waals surface area contributed by atoms with E-state index < -0.39 is 5.97 Å². The van der Waals surface area contributed by atoms with Crippen LogP contribution in [0.25, 0.3) is 11.1 Å². The first-order valence-electron chi connectivity index (χ1n) is 5.89. The molecule has 0 spiro atoms. The molecule has 0 atom stereocenters. The van der Waals surface area contributed by atoms with E-state index in [1.54, 1.807) is 36.4 Å². The normalized spacial score (nSPS) is 10.1. The van der Waals surface area contributed by atoms with Crippen molar-refractivity contribution in [2.24, 2.45) is 5.73 Å². The molecule has 0 aliphatic heterocycles. The van der Waals surface area contributed by atoms with Crippen LogP contribution in [0.2, 0.25) is 0 Å². The highest BCUT2D eigenvalue weighted by Crippen LogP contribution is 2.30. The molecule has 5 heteroatoms. The van der Waals surface area contributed by atoms with Gasteiger partial charge in [0.2, 0.25) is 0 Å². The number of ether oxygens (including phenoxy) is 1. The molecule has 4 N–H and O–H groups in total. The summed E-state index contributed by atoms with van der Waals surface area (Å²) in [6.45, 7) is 0. The molecule has 102 valence electrons. The quantitative estimate of drug-likeness (QED) is 0.587. The number of carbonyl (C=O) groups is 1. The van der Waals surface area contributed by atoms with Gasteiger partial charge in [0.15, 0.2) is 0 Å². The monoisotopic (exact) mass is 270 g/mol. The zero-order valence-corrected chi connectivity index (χ0v) is 10.9. The molecule has 0 heterocycles. The topological polar surface area (TPSA) is 96.4 Å². The maximum absolute atomic E-state index is 11.4. The highest BCUT2D eigenvalue weighted by Gasteiger charge is 2.16. The highest BCUT2D eigenvalue weighted by atomic mass is 16.5. The van der Waals surface area contributed by atoms with E-state index in [1.807, 2.05) is 0 Å². The van der Waals surface area contributed by atoms with E-state index in [-0.39, 0.29) is 11.4 Å². The molecule has 0 aliphatic rings. The number of hydrogen-bond donors (Lipinski definition) is 3. The zero-order chi connectivity index (χ0) is 14.7. The van der Waals surface area contributed by atoms with Gasteiger partial charge in [-0.2, -0.15) is 0 Å². The largest absolute Gasteiger partial charge is 0.497 e. The lowest BCUT2D eigenvalue weighted by Crippen LogP contribution is -2.13. The fourth-order valence-corrected chi connectivity index (χ4v) is 2.01. The van der Waals surface area contributed by atoms with Crippen molar-refractivity contribution in [2.45, 2.75) is 0 Å². The molecule has 5 nitrogen and oxygen atoms in total. The molecule has 0 radical (unpaired) electrons. The average molecular weight is 270 g/mol. The number of methoxy groups -OCH3 is 1. The van der Waals surface area contributed by atoms with Crippen molar-refractivity contribution in [3.05, 3.63) is 53.6 Å². The molecule has 0 aliphatic carbocycles. The van der Waals surface area contributed by atoms with Crippen LogP contribution in [0.3, 0.4) is 0 Å². The van der Waals surface area contributed by atoms with Gasteiger partial charge in [-0.25, -0.2) is 4.79 Å². The summed E-state index contributed by atoms with van der Waals surface area (Å²) in [6.07, 6.45) is 0. The van der Waals surface area contributed by atoms with Gasteiger partial charge in [0.25, 0.3) is 0 Å². The minimum atomic E-state index is -1.04. The number of nitrogens with two attached hydrogens (primary N) is 1. The summed E-state index contributed by atoms with van der Waals surface area (Å²) in [5.41, 5.74) is 7.25. The molecule has 2 aromatic rings. The first kappa shape index (κ1) is 13.6. The van der Waals surface area contributed by atoms with Crippen molar-refractivity contribution < 1.29 is 14.6 Å². The van der Waals surface area contributed by atoms with Crippen LogP contribution in [0, 0.1) is 5.41 Å². The molecule has 0 aromatic heterocycles. The Morgan fingerprint density at radius 1 is 1.15 bits per heavy atom. The second-order valence-corrected chi connectivity index (χ2v) is 4.18. The lowest BCUT2D eigenvalue weighted by atomic mass is 9.94. The van der Waals surface area contributed by atoms with E-state index in [9.17, 15) is 9.90 Å². The number of carboxylic acids is 1. The van der Waals surface area contributed by atoms with E-state index in [1.165, 1.54) is 13.2 Å². The number of benzene rings is 2. The minimum absolute atomic E-state index is 0.111. The van der Waals surface area contributed by atoms with Crippen molar-refractivity contribution in [3.8, 4) is 16.9 Å². The lowest BCUT2D eigenvalue weighted by molar-refractivity contribution is 0.0697. The van der Waals surface area contributed by atoms with Gasteiger partial charge in [0.05, 0.1) is 12.7 Å². The molecular weight excluding hydrogens is 256 g/mol. The Bertz CT molecular complexity index is 681. The molecule has 0 unspecified atom stereocenters. The zero-order valence-electron chi connectivity index (χ0n) is 10.9. The number of hydrogen-bond acceptors (Lipinski definition) is 3. The molecule has 0 amide bonds. The fraction of sp³-hybridized carbons (Fsp3) is 0.0667. The second-order valence-electron chi connectivity index (χ2n) is 4.18. The van der Waals surface area contributed by atoms with Crippen LogP contribution in [0.15, 0.2) is 42.5 Å². The summed E-state index contributed by atoms with van der Waals surface area (Å²) in [6, 6.07) is 11.6. The van der Waals surface area contributed by atoms with Gasteiger partial charge in [-0.05, 0) is 23.8 Å². The van der Waals surface area contributed by atoms with E-state index in [0.29, 0.717) is 22.4 Å². The Balaban J connectivity index is 2.73. The minimum Gasteiger partial charge on any atom is -0.497 e. The van der Waals surface area contributed by atoms with Crippen molar-refractivity contribution >= 4 is 11.8 Å². The van der Waals surface area contributed by atoms with Crippen molar-refractivity contribution in [3.63, 3.8) is 0 Å². The fourth-order valence-electron chi connectivity index (χ4n) is 2.01. The number of aromatic carboxylic acids is 1. The number of rotatable bonds is 4. The van der Waals surface area contributed by atoms with Crippen LogP contribution in [-0.2, 0) is 0 Å². The van der Waals surface area contributed by atoms with Crippen LogP contribution in [0.4, 0.5) is 0 Å². The molecular formula is C15H14N2O3. The average Bonchev–Trinajstić information content (AvgIpc) is 2.46. The summed E-state index contributed by atoms with van der Waals surface area (Å²) in [7, 11) is 1.51. The van der Waals surface area contributed by atoms with E-state index in [0.717, 1.165) is 0 Å². The van der Waals surface area contributed by atoms with Crippen molar-refractivity contribution in [2.75, 3.05) is 7.11 Å². The summed E-state index contributed by atoms with van der Waals surface area (Å²) >= 11 is 0. The Morgan fingerprint density at radius 2 is 1.85 bits per heavy atom. The summed E-state index contributed by atoms with van der Waals surface area (Å²) in [5.74, 6) is -0.607. The van der Waals surface area contributed by atoms with Crippen LogP contribution in [0.5, 0.6) is 5.75 Å². The van der Waals surface area contributed by atoms with Gasteiger partial charge in [-0.1, -0.05) is 24.3 Å². The van der Waals surface area contributed by atoms with Crippen LogP contribution < -0.4 is 10.5 Å².